The molecule has 0 bridgehead atoms. The Kier molecular flexibility index (Phi) is 3.85. The van der Waals surface area contributed by atoms with Gasteiger partial charge in [-0.15, -0.1) is 0 Å². The number of fused-ring (bicyclic) bond motifs is 1. The van der Waals surface area contributed by atoms with E-state index in [1.807, 2.05) is 49.4 Å². The van der Waals surface area contributed by atoms with Crippen LogP contribution in [0.15, 0.2) is 54.6 Å². The quantitative estimate of drug-likeness (QED) is 0.865. The van der Waals surface area contributed by atoms with Crippen LogP contribution in [-0.4, -0.2) is 13.7 Å². The van der Waals surface area contributed by atoms with E-state index >= 15 is 0 Å². The second kappa shape index (κ2) is 5.64. The Morgan fingerprint density at radius 2 is 1.67 bits per heavy atom. The normalized spacial score (nSPS) is 21.8. The summed E-state index contributed by atoms with van der Waals surface area (Å²) < 4.78 is 25.6. The van der Waals surface area contributed by atoms with Crippen molar-refractivity contribution >= 4 is 9.84 Å². The molecule has 0 fully saturated rings. The molecule has 21 heavy (non-hydrogen) atoms. The fourth-order valence-electron chi connectivity index (χ4n) is 3.36. The molecule has 0 saturated carbocycles. The van der Waals surface area contributed by atoms with Crippen LogP contribution in [0.5, 0.6) is 0 Å². The summed E-state index contributed by atoms with van der Waals surface area (Å²) in [6, 6.07) is 17.7. The predicted octanol–water partition coefficient (Wildman–Crippen LogP) is 3.72. The molecule has 2 atom stereocenters. The van der Waals surface area contributed by atoms with Crippen LogP contribution in [0.3, 0.4) is 0 Å². The summed E-state index contributed by atoms with van der Waals surface area (Å²) in [5, 5.41) is -0.271. The number of hydrogen-bond acceptors (Lipinski definition) is 2. The van der Waals surface area contributed by atoms with Gasteiger partial charge in [0.25, 0.3) is 0 Å². The van der Waals surface area contributed by atoms with Gasteiger partial charge in [-0.1, -0.05) is 61.5 Å². The Morgan fingerprint density at radius 1 is 1.00 bits per heavy atom. The van der Waals surface area contributed by atoms with Crippen LogP contribution in [-0.2, 0) is 22.0 Å². The molecule has 0 spiro atoms. The topological polar surface area (TPSA) is 34.1 Å². The molecule has 0 aromatic heterocycles. The maximum Gasteiger partial charge on any atom is 0.157 e. The lowest BCUT2D eigenvalue weighted by Crippen LogP contribution is -2.32. The largest absolute Gasteiger partial charge is 0.228 e. The molecule has 2 aromatic rings. The predicted molar refractivity (Wildman–Crippen MR) is 86.0 cm³/mol. The van der Waals surface area contributed by atoms with E-state index in [1.165, 1.54) is 11.1 Å². The molecule has 3 heteroatoms. The fourth-order valence-corrected chi connectivity index (χ4v) is 5.47. The first-order valence-electron chi connectivity index (χ1n) is 7.41. The van der Waals surface area contributed by atoms with E-state index in [0.717, 1.165) is 18.4 Å². The van der Waals surface area contributed by atoms with Crippen LogP contribution >= 0.6 is 0 Å². The van der Waals surface area contributed by atoms with Crippen LogP contribution in [0.25, 0.3) is 0 Å². The summed E-state index contributed by atoms with van der Waals surface area (Å²) in [6.45, 7) is 2.05. The Bertz CT molecular complexity index is 720. The Morgan fingerprint density at radius 3 is 2.43 bits per heavy atom. The molecule has 2 aromatic carbocycles. The lowest BCUT2D eigenvalue weighted by Gasteiger charge is -2.31. The van der Waals surface area contributed by atoms with Crippen molar-refractivity contribution in [1.82, 2.24) is 0 Å². The minimum Gasteiger partial charge on any atom is -0.228 e. The Balaban J connectivity index is 1.87. The summed E-state index contributed by atoms with van der Waals surface area (Å²) in [4.78, 5) is 0. The zero-order chi connectivity index (χ0) is 14.9. The molecule has 0 amide bonds. The van der Waals surface area contributed by atoms with Crippen LogP contribution in [0.4, 0.5) is 0 Å². The first-order valence-corrected chi connectivity index (χ1v) is 9.13. The van der Waals surface area contributed by atoms with Gasteiger partial charge in [-0.2, -0.15) is 0 Å². The van der Waals surface area contributed by atoms with Crippen molar-refractivity contribution in [1.29, 1.82) is 0 Å². The van der Waals surface area contributed by atoms with E-state index in [0.29, 0.717) is 0 Å². The van der Waals surface area contributed by atoms with Gasteiger partial charge >= 0.3 is 0 Å². The highest BCUT2D eigenvalue weighted by Crippen LogP contribution is 2.36. The minimum atomic E-state index is -3.13. The number of hydrogen-bond donors (Lipinski definition) is 0. The van der Waals surface area contributed by atoms with Crippen molar-refractivity contribution in [2.45, 2.75) is 36.7 Å². The molecule has 0 radical (unpaired) electrons. The van der Waals surface area contributed by atoms with E-state index in [2.05, 4.69) is 12.1 Å². The zero-order valence-electron chi connectivity index (χ0n) is 12.2. The van der Waals surface area contributed by atoms with Crippen LogP contribution in [0.1, 0.15) is 36.0 Å². The van der Waals surface area contributed by atoms with Crippen molar-refractivity contribution in [3.63, 3.8) is 0 Å². The first-order chi connectivity index (χ1) is 10.1. The molecule has 0 heterocycles. The van der Waals surface area contributed by atoms with Gasteiger partial charge in [-0.3, -0.25) is 0 Å². The lowest BCUT2D eigenvalue weighted by molar-refractivity contribution is 0.530. The van der Waals surface area contributed by atoms with Crippen molar-refractivity contribution in [3.05, 3.63) is 71.3 Å². The van der Waals surface area contributed by atoms with E-state index in [1.54, 1.807) is 0 Å². The van der Waals surface area contributed by atoms with Gasteiger partial charge in [0.15, 0.2) is 9.84 Å². The monoisotopic (exact) mass is 300 g/mol. The van der Waals surface area contributed by atoms with Gasteiger partial charge in [-0.05, 0) is 35.4 Å². The van der Waals surface area contributed by atoms with Gasteiger partial charge < -0.3 is 0 Å². The summed E-state index contributed by atoms with van der Waals surface area (Å²) in [5.74, 6) is 0.217. The molecule has 0 N–H and O–H groups in total. The summed E-state index contributed by atoms with van der Waals surface area (Å²) >= 11 is 0. The molecule has 0 saturated heterocycles. The number of rotatable bonds is 3. The van der Waals surface area contributed by atoms with Gasteiger partial charge in [0, 0.05) is 0 Å². The maximum absolute atomic E-state index is 12.8. The summed E-state index contributed by atoms with van der Waals surface area (Å²) in [6.07, 6.45) is 1.59. The lowest BCUT2D eigenvalue weighted by atomic mass is 9.84. The van der Waals surface area contributed by atoms with Crippen molar-refractivity contribution in [2.75, 3.05) is 0 Å². The molecule has 3 rings (SSSR count). The van der Waals surface area contributed by atoms with Crippen molar-refractivity contribution < 1.29 is 8.42 Å². The van der Waals surface area contributed by atoms with Gasteiger partial charge in [-0.25, -0.2) is 8.42 Å². The van der Waals surface area contributed by atoms with Crippen molar-refractivity contribution in [3.8, 4) is 0 Å². The van der Waals surface area contributed by atoms with E-state index in [-0.39, 0.29) is 16.9 Å². The zero-order valence-corrected chi connectivity index (χ0v) is 13.0. The third-order valence-electron chi connectivity index (χ3n) is 4.47. The van der Waals surface area contributed by atoms with Gasteiger partial charge in [0.1, 0.15) is 0 Å². The number of benzene rings is 2. The molecule has 0 aliphatic heterocycles. The Labute approximate surface area is 126 Å². The third kappa shape index (κ3) is 2.88. The first kappa shape index (κ1) is 14.3. The molecule has 110 valence electrons. The van der Waals surface area contributed by atoms with Crippen LogP contribution in [0.2, 0.25) is 0 Å². The highest BCUT2D eigenvalue weighted by Gasteiger charge is 2.35. The average molecular weight is 300 g/mol. The van der Waals surface area contributed by atoms with Gasteiger partial charge in [0.2, 0.25) is 0 Å². The Hall–Kier alpha value is -1.61. The van der Waals surface area contributed by atoms with E-state index < -0.39 is 9.84 Å². The smallest absolute Gasteiger partial charge is 0.157 e. The maximum atomic E-state index is 12.8. The third-order valence-corrected chi connectivity index (χ3v) is 6.78. The molecule has 1 aliphatic rings. The van der Waals surface area contributed by atoms with E-state index in [4.69, 9.17) is 0 Å². The van der Waals surface area contributed by atoms with Crippen molar-refractivity contribution in [2.24, 2.45) is 0 Å². The SMILES string of the molecule is C[C@H]1c2ccccc2CCC1S(=O)(=O)Cc1ccccc1. The molecule has 2 nitrogen and oxygen atoms in total. The number of aryl methyl sites for hydroxylation is 1. The number of sulfone groups is 1. The molecular weight excluding hydrogens is 280 g/mol. The highest BCUT2D eigenvalue weighted by atomic mass is 32.2. The summed E-state index contributed by atoms with van der Waals surface area (Å²) in [7, 11) is -3.13. The second-order valence-electron chi connectivity index (χ2n) is 5.86. The summed E-state index contributed by atoms with van der Waals surface area (Å²) in [5.41, 5.74) is 3.38. The minimum absolute atomic E-state index is 0.0728. The average Bonchev–Trinajstić information content (AvgIpc) is 2.48. The van der Waals surface area contributed by atoms with Crippen LogP contribution < -0.4 is 0 Å². The molecule has 1 unspecified atom stereocenters. The highest BCUT2D eigenvalue weighted by molar-refractivity contribution is 7.91. The molecule has 1 aliphatic carbocycles. The van der Waals surface area contributed by atoms with Gasteiger partial charge in [0.05, 0.1) is 11.0 Å². The second-order valence-corrected chi connectivity index (χ2v) is 8.08. The molecular formula is C18H20O2S. The fraction of sp³-hybridized carbons (Fsp3) is 0.333. The standard InChI is InChI=1S/C18H20O2S/c1-14-17-10-6-5-9-16(17)11-12-18(14)21(19,20)13-15-7-3-2-4-8-15/h2-10,14,18H,11-13H2,1H3/t14-,18?/m0/s1. The van der Waals surface area contributed by atoms with E-state index in [9.17, 15) is 8.42 Å². The van der Waals surface area contributed by atoms with Crippen LogP contribution in [0, 0.1) is 0 Å².